The molecule has 7 heteroatoms. The van der Waals surface area contributed by atoms with Crippen LogP contribution in [-0.2, 0) is 4.74 Å². The zero-order chi connectivity index (χ0) is 17.8. The molecule has 1 aromatic heterocycles. The molecule has 0 aliphatic carbocycles. The van der Waals surface area contributed by atoms with Gasteiger partial charge in [0.05, 0.1) is 13.2 Å². The molecule has 25 heavy (non-hydrogen) atoms. The van der Waals surface area contributed by atoms with E-state index in [1.54, 1.807) is 35.2 Å². The standard InChI is InChI=1S/C18H21N3O4/c1-12(2)16-11-15(20-25-16)17(22)19-14-5-3-13(4-6-14)18(23)21-7-9-24-10-8-21/h3-6,11-12H,7-10H2,1-2H3,(H,19,22). The number of rotatable bonds is 4. The number of aromatic nitrogens is 1. The smallest absolute Gasteiger partial charge is 0.277 e. The van der Waals surface area contributed by atoms with Crippen molar-refractivity contribution in [1.29, 1.82) is 0 Å². The summed E-state index contributed by atoms with van der Waals surface area (Å²) in [4.78, 5) is 26.3. The lowest BCUT2D eigenvalue weighted by atomic mass is 10.1. The SMILES string of the molecule is CC(C)c1cc(C(=O)Nc2ccc(C(=O)N3CCOCC3)cc2)no1. The van der Waals surface area contributed by atoms with Gasteiger partial charge in [-0.05, 0) is 24.3 Å². The van der Waals surface area contributed by atoms with Gasteiger partial charge in [-0.1, -0.05) is 19.0 Å². The largest absolute Gasteiger partial charge is 0.378 e. The quantitative estimate of drug-likeness (QED) is 0.922. The molecule has 1 aromatic carbocycles. The van der Waals surface area contributed by atoms with Crippen molar-refractivity contribution in [2.24, 2.45) is 0 Å². The van der Waals surface area contributed by atoms with Crippen molar-refractivity contribution in [1.82, 2.24) is 10.1 Å². The molecule has 3 rings (SSSR count). The zero-order valence-electron chi connectivity index (χ0n) is 14.3. The van der Waals surface area contributed by atoms with Crippen LogP contribution < -0.4 is 5.32 Å². The second-order valence-corrected chi connectivity index (χ2v) is 6.21. The molecule has 1 aliphatic rings. The van der Waals surface area contributed by atoms with Crippen LogP contribution in [0.15, 0.2) is 34.9 Å². The van der Waals surface area contributed by atoms with Crippen LogP contribution >= 0.6 is 0 Å². The molecule has 0 spiro atoms. The molecular weight excluding hydrogens is 322 g/mol. The molecule has 0 unspecified atom stereocenters. The van der Waals surface area contributed by atoms with E-state index in [0.29, 0.717) is 43.3 Å². The fraction of sp³-hybridized carbons (Fsp3) is 0.389. The third-order valence-electron chi connectivity index (χ3n) is 4.02. The second kappa shape index (κ2) is 7.48. The first-order valence-corrected chi connectivity index (χ1v) is 8.29. The van der Waals surface area contributed by atoms with E-state index in [9.17, 15) is 9.59 Å². The van der Waals surface area contributed by atoms with Crippen molar-refractivity contribution in [2.75, 3.05) is 31.6 Å². The number of carbonyl (C=O) groups excluding carboxylic acids is 2. The summed E-state index contributed by atoms with van der Waals surface area (Å²) in [7, 11) is 0. The van der Waals surface area contributed by atoms with Gasteiger partial charge in [0.1, 0.15) is 5.76 Å². The molecule has 1 saturated heterocycles. The highest BCUT2D eigenvalue weighted by Gasteiger charge is 2.19. The molecule has 132 valence electrons. The fourth-order valence-electron chi connectivity index (χ4n) is 2.51. The first kappa shape index (κ1) is 17.2. The maximum Gasteiger partial charge on any atom is 0.277 e. The lowest BCUT2D eigenvalue weighted by Crippen LogP contribution is -2.40. The number of amides is 2. The van der Waals surface area contributed by atoms with Gasteiger partial charge in [0, 0.05) is 36.3 Å². The van der Waals surface area contributed by atoms with Crippen LogP contribution in [0, 0.1) is 0 Å². The van der Waals surface area contributed by atoms with Crippen molar-refractivity contribution in [3.8, 4) is 0 Å². The van der Waals surface area contributed by atoms with Crippen molar-refractivity contribution >= 4 is 17.5 Å². The first-order valence-electron chi connectivity index (χ1n) is 8.29. The van der Waals surface area contributed by atoms with E-state index in [4.69, 9.17) is 9.26 Å². The average molecular weight is 343 g/mol. The summed E-state index contributed by atoms with van der Waals surface area (Å²) < 4.78 is 10.4. The molecule has 0 saturated carbocycles. The van der Waals surface area contributed by atoms with Crippen LogP contribution in [0.3, 0.4) is 0 Å². The Balaban J connectivity index is 1.63. The topological polar surface area (TPSA) is 84.7 Å². The van der Waals surface area contributed by atoms with Gasteiger partial charge in [-0.3, -0.25) is 9.59 Å². The molecule has 7 nitrogen and oxygen atoms in total. The number of nitrogens with zero attached hydrogens (tertiary/aromatic N) is 2. The highest BCUT2D eigenvalue weighted by molar-refractivity contribution is 6.03. The molecule has 2 amide bonds. The van der Waals surface area contributed by atoms with Gasteiger partial charge in [-0.2, -0.15) is 0 Å². The Morgan fingerprint density at radius 2 is 1.84 bits per heavy atom. The van der Waals surface area contributed by atoms with Crippen molar-refractivity contribution < 1.29 is 18.8 Å². The van der Waals surface area contributed by atoms with Gasteiger partial charge in [-0.15, -0.1) is 0 Å². The van der Waals surface area contributed by atoms with Crippen molar-refractivity contribution in [2.45, 2.75) is 19.8 Å². The summed E-state index contributed by atoms with van der Waals surface area (Å²) in [5.74, 6) is 0.457. The summed E-state index contributed by atoms with van der Waals surface area (Å²) in [5, 5.41) is 6.53. The Bertz CT molecular complexity index is 746. The molecule has 0 bridgehead atoms. The van der Waals surface area contributed by atoms with Crippen LogP contribution in [0.4, 0.5) is 5.69 Å². The normalized spacial score (nSPS) is 14.6. The maximum absolute atomic E-state index is 12.4. The Morgan fingerprint density at radius 3 is 2.44 bits per heavy atom. The van der Waals surface area contributed by atoms with Gasteiger partial charge < -0.3 is 19.5 Å². The predicted molar refractivity (Wildman–Crippen MR) is 91.7 cm³/mol. The third-order valence-corrected chi connectivity index (χ3v) is 4.02. The number of carbonyl (C=O) groups is 2. The molecule has 1 fully saturated rings. The Kier molecular flexibility index (Phi) is 5.14. The van der Waals surface area contributed by atoms with Gasteiger partial charge in [-0.25, -0.2) is 0 Å². The van der Waals surface area contributed by atoms with Gasteiger partial charge >= 0.3 is 0 Å². The van der Waals surface area contributed by atoms with Crippen LogP contribution in [0.25, 0.3) is 0 Å². The molecule has 0 radical (unpaired) electrons. The van der Waals surface area contributed by atoms with Crippen molar-refractivity contribution in [3.05, 3.63) is 47.3 Å². The summed E-state index contributed by atoms with van der Waals surface area (Å²) >= 11 is 0. The average Bonchev–Trinajstić information content (AvgIpc) is 3.13. The Hall–Kier alpha value is -2.67. The monoisotopic (exact) mass is 343 g/mol. The number of nitrogens with one attached hydrogen (secondary N) is 1. The number of anilines is 1. The second-order valence-electron chi connectivity index (χ2n) is 6.21. The highest BCUT2D eigenvalue weighted by Crippen LogP contribution is 2.17. The van der Waals surface area contributed by atoms with Crippen LogP contribution in [-0.4, -0.2) is 48.2 Å². The minimum absolute atomic E-state index is 0.0285. The zero-order valence-corrected chi connectivity index (χ0v) is 14.3. The minimum atomic E-state index is -0.345. The number of hydrogen-bond acceptors (Lipinski definition) is 5. The van der Waals surface area contributed by atoms with E-state index in [2.05, 4.69) is 10.5 Å². The number of benzene rings is 1. The Morgan fingerprint density at radius 1 is 1.16 bits per heavy atom. The number of hydrogen-bond donors (Lipinski definition) is 1. The summed E-state index contributed by atoms with van der Waals surface area (Å²) in [6.45, 7) is 6.26. The summed E-state index contributed by atoms with van der Waals surface area (Å²) in [6.07, 6.45) is 0. The van der Waals surface area contributed by atoms with E-state index in [-0.39, 0.29) is 23.4 Å². The van der Waals surface area contributed by atoms with E-state index < -0.39 is 0 Å². The molecule has 2 aromatic rings. The van der Waals surface area contributed by atoms with Gasteiger partial charge in [0.2, 0.25) is 0 Å². The van der Waals surface area contributed by atoms with Crippen molar-refractivity contribution in [3.63, 3.8) is 0 Å². The molecule has 1 aliphatic heterocycles. The van der Waals surface area contributed by atoms with E-state index in [1.165, 1.54) is 0 Å². The van der Waals surface area contributed by atoms with Gasteiger partial charge in [0.25, 0.3) is 11.8 Å². The van der Waals surface area contributed by atoms with Crippen LogP contribution in [0.2, 0.25) is 0 Å². The third kappa shape index (κ3) is 4.06. The lowest BCUT2D eigenvalue weighted by Gasteiger charge is -2.26. The minimum Gasteiger partial charge on any atom is -0.378 e. The predicted octanol–water partition coefficient (Wildman–Crippen LogP) is 2.52. The fourth-order valence-corrected chi connectivity index (χ4v) is 2.51. The summed E-state index contributed by atoms with van der Waals surface area (Å²) in [6, 6.07) is 8.45. The highest BCUT2D eigenvalue weighted by atomic mass is 16.5. The molecular formula is C18H21N3O4. The van der Waals surface area contributed by atoms with Crippen LogP contribution in [0.1, 0.15) is 46.4 Å². The number of ether oxygens (including phenoxy) is 1. The maximum atomic E-state index is 12.4. The number of morpholine rings is 1. The Labute approximate surface area is 145 Å². The molecule has 0 atom stereocenters. The van der Waals surface area contributed by atoms with E-state index in [0.717, 1.165) is 0 Å². The van der Waals surface area contributed by atoms with E-state index in [1.807, 2.05) is 13.8 Å². The molecule has 2 heterocycles. The lowest BCUT2D eigenvalue weighted by molar-refractivity contribution is 0.0303. The first-order chi connectivity index (χ1) is 12.0. The summed E-state index contributed by atoms with van der Waals surface area (Å²) in [5.41, 5.74) is 1.42. The van der Waals surface area contributed by atoms with Crippen LogP contribution in [0.5, 0.6) is 0 Å². The van der Waals surface area contributed by atoms with Gasteiger partial charge in [0.15, 0.2) is 5.69 Å². The molecule has 1 N–H and O–H groups in total. The van der Waals surface area contributed by atoms with E-state index >= 15 is 0 Å².